The van der Waals surface area contributed by atoms with Crippen molar-refractivity contribution in [2.45, 2.75) is 51.6 Å². The summed E-state index contributed by atoms with van der Waals surface area (Å²) in [6.07, 6.45) is 5.69. The van der Waals surface area contributed by atoms with Crippen LogP contribution in [-0.4, -0.2) is 12.1 Å². The Morgan fingerprint density at radius 2 is 2.18 bits per heavy atom. The summed E-state index contributed by atoms with van der Waals surface area (Å²) < 4.78 is 0. The third-order valence-corrected chi connectivity index (χ3v) is 3.77. The minimum absolute atomic E-state index is 0.860. The third kappa shape index (κ3) is 1.20. The highest BCUT2D eigenvalue weighted by Gasteiger charge is 2.37. The van der Waals surface area contributed by atoms with Gasteiger partial charge in [-0.1, -0.05) is 20.3 Å². The van der Waals surface area contributed by atoms with Crippen LogP contribution in [0.25, 0.3) is 0 Å². The average Bonchev–Trinajstić information content (AvgIpc) is 2.42. The van der Waals surface area contributed by atoms with Crippen LogP contribution < -0.4 is 5.32 Å². The molecule has 1 N–H and O–H groups in total. The highest BCUT2D eigenvalue weighted by atomic mass is 15.0. The molecule has 0 aromatic rings. The monoisotopic (exact) mass is 153 g/mol. The highest BCUT2D eigenvalue weighted by Crippen LogP contribution is 2.36. The van der Waals surface area contributed by atoms with Gasteiger partial charge in [0.15, 0.2) is 0 Å². The maximum Gasteiger partial charge on any atom is 0.00985 e. The summed E-state index contributed by atoms with van der Waals surface area (Å²) in [6.45, 7) is 4.76. The predicted octanol–water partition coefficient (Wildman–Crippen LogP) is 2.17. The Balaban J connectivity index is 2.05. The Labute approximate surface area is 69.6 Å². The van der Waals surface area contributed by atoms with Crippen LogP contribution in [0, 0.1) is 11.8 Å². The largest absolute Gasteiger partial charge is 0.311 e. The number of nitrogens with one attached hydrogen (secondary N) is 1. The molecular formula is C10H19N. The molecule has 2 aliphatic rings. The van der Waals surface area contributed by atoms with E-state index >= 15 is 0 Å². The molecule has 1 nitrogen and oxygen atoms in total. The van der Waals surface area contributed by atoms with Gasteiger partial charge >= 0.3 is 0 Å². The third-order valence-electron chi connectivity index (χ3n) is 3.77. The second-order valence-corrected chi connectivity index (χ2v) is 4.31. The van der Waals surface area contributed by atoms with Crippen LogP contribution >= 0.6 is 0 Å². The molecule has 0 aliphatic carbocycles. The molecule has 2 heterocycles. The summed E-state index contributed by atoms with van der Waals surface area (Å²) in [5, 5.41) is 3.70. The van der Waals surface area contributed by atoms with E-state index in [-0.39, 0.29) is 0 Å². The van der Waals surface area contributed by atoms with E-state index in [0.29, 0.717) is 0 Å². The van der Waals surface area contributed by atoms with Crippen molar-refractivity contribution >= 4 is 0 Å². The molecule has 0 amide bonds. The Morgan fingerprint density at radius 1 is 1.36 bits per heavy atom. The van der Waals surface area contributed by atoms with Crippen LogP contribution in [0.3, 0.4) is 0 Å². The second-order valence-electron chi connectivity index (χ2n) is 4.31. The van der Waals surface area contributed by atoms with Gasteiger partial charge in [0.05, 0.1) is 0 Å². The first-order valence-electron chi connectivity index (χ1n) is 5.07. The molecule has 64 valence electrons. The van der Waals surface area contributed by atoms with Gasteiger partial charge in [0.25, 0.3) is 0 Å². The zero-order valence-electron chi connectivity index (χ0n) is 7.64. The van der Waals surface area contributed by atoms with E-state index in [9.17, 15) is 0 Å². The van der Waals surface area contributed by atoms with Crippen molar-refractivity contribution in [2.24, 2.45) is 11.8 Å². The van der Waals surface area contributed by atoms with Crippen molar-refractivity contribution in [3.63, 3.8) is 0 Å². The Bertz CT molecular complexity index is 144. The summed E-state index contributed by atoms with van der Waals surface area (Å²) in [5.41, 5.74) is 0. The highest BCUT2D eigenvalue weighted by molar-refractivity contribution is 4.95. The van der Waals surface area contributed by atoms with Crippen molar-refractivity contribution in [2.75, 3.05) is 0 Å². The molecule has 0 spiro atoms. The zero-order chi connectivity index (χ0) is 7.84. The zero-order valence-corrected chi connectivity index (χ0v) is 7.64. The lowest BCUT2D eigenvalue weighted by Crippen LogP contribution is -2.43. The lowest BCUT2D eigenvalue weighted by Gasteiger charge is -2.34. The molecule has 2 saturated heterocycles. The number of hydrogen-bond acceptors (Lipinski definition) is 1. The summed E-state index contributed by atoms with van der Waals surface area (Å²) in [7, 11) is 0. The lowest BCUT2D eigenvalue weighted by molar-refractivity contribution is 0.203. The van der Waals surface area contributed by atoms with Crippen LogP contribution in [0.1, 0.15) is 39.5 Å². The van der Waals surface area contributed by atoms with Crippen LogP contribution in [0.5, 0.6) is 0 Å². The van der Waals surface area contributed by atoms with Gasteiger partial charge in [-0.25, -0.2) is 0 Å². The maximum absolute atomic E-state index is 3.70. The number of rotatable bonds is 1. The van der Waals surface area contributed by atoms with E-state index in [1.165, 1.54) is 25.7 Å². The minimum atomic E-state index is 0.860. The molecule has 0 saturated carbocycles. The van der Waals surface area contributed by atoms with Gasteiger partial charge in [0, 0.05) is 12.1 Å². The Kier molecular flexibility index (Phi) is 1.92. The minimum Gasteiger partial charge on any atom is -0.311 e. The lowest BCUT2D eigenvalue weighted by atomic mass is 9.81. The quantitative estimate of drug-likeness (QED) is 0.609. The second kappa shape index (κ2) is 2.78. The molecule has 2 fully saturated rings. The van der Waals surface area contributed by atoms with Crippen molar-refractivity contribution in [1.29, 1.82) is 0 Å². The molecule has 1 heteroatoms. The molecule has 0 aromatic heterocycles. The standard InChI is InChI=1S/C10H19N/c1-3-8-6-9-4-5-10(11-9)7(8)2/h7-11H,3-6H2,1-2H3. The molecule has 11 heavy (non-hydrogen) atoms. The van der Waals surface area contributed by atoms with Crippen molar-refractivity contribution in [3.8, 4) is 0 Å². The number of fused-ring (bicyclic) bond motifs is 2. The fraction of sp³-hybridized carbons (Fsp3) is 1.00. The molecule has 0 aromatic carbocycles. The number of hydrogen-bond donors (Lipinski definition) is 1. The molecule has 2 rings (SSSR count). The van der Waals surface area contributed by atoms with Gasteiger partial charge in [-0.15, -0.1) is 0 Å². The van der Waals surface area contributed by atoms with Gasteiger partial charge in [-0.2, -0.15) is 0 Å². The molecule has 2 aliphatic heterocycles. The van der Waals surface area contributed by atoms with Crippen molar-refractivity contribution < 1.29 is 0 Å². The molecule has 4 atom stereocenters. The number of piperidine rings is 1. The first kappa shape index (κ1) is 7.60. The van der Waals surface area contributed by atoms with Crippen molar-refractivity contribution in [1.82, 2.24) is 5.32 Å². The maximum atomic E-state index is 3.70. The fourth-order valence-electron chi connectivity index (χ4n) is 2.90. The van der Waals surface area contributed by atoms with E-state index in [1.54, 1.807) is 0 Å². The first-order valence-corrected chi connectivity index (χ1v) is 5.07. The predicted molar refractivity (Wildman–Crippen MR) is 47.5 cm³/mol. The summed E-state index contributed by atoms with van der Waals surface area (Å²) in [6, 6.07) is 1.74. The topological polar surface area (TPSA) is 12.0 Å². The average molecular weight is 153 g/mol. The van der Waals surface area contributed by atoms with Gasteiger partial charge in [-0.05, 0) is 31.1 Å². The van der Waals surface area contributed by atoms with E-state index in [2.05, 4.69) is 19.2 Å². The molecule has 0 radical (unpaired) electrons. The Morgan fingerprint density at radius 3 is 2.91 bits per heavy atom. The Hall–Kier alpha value is -0.0400. The van der Waals surface area contributed by atoms with E-state index in [4.69, 9.17) is 0 Å². The van der Waals surface area contributed by atoms with Gasteiger partial charge in [0.2, 0.25) is 0 Å². The van der Waals surface area contributed by atoms with Crippen LogP contribution in [-0.2, 0) is 0 Å². The molecule has 2 bridgehead atoms. The van der Waals surface area contributed by atoms with Crippen LogP contribution in [0.4, 0.5) is 0 Å². The SMILES string of the molecule is CCC1CC2CCC(N2)C1C. The van der Waals surface area contributed by atoms with Gasteiger partial charge < -0.3 is 5.32 Å². The normalized spacial score (nSPS) is 49.6. The van der Waals surface area contributed by atoms with E-state index in [1.807, 2.05) is 0 Å². The van der Waals surface area contributed by atoms with E-state index in [0.717, 1.165) is 23.9 Å². The van der Waals surface area contributed by atoms with Crippen LogP contribution in [0.15, 0.2) is 0 Å². The van der Waals surface area contributed by atoms with Crippen LogP contribution in [0.2, 0.25) is 0 Å². The smallest absolute Gasteiger partial charge is 0.00985 e. The first-order chi connectivity index (χ1) is 5.31. The summed E-state index contributed by atoms with van der Waals surface area (Å²) in [4.78, 5) is 0. The molecule has 4 unspecified atom stereocenters. The molecular weight excluding hydrogens is 134 g/mol. The summed E-state index contributed by atoms with van der Waals surface area (Å²) in [5.74, 6) is 1.94. The van der Waals surface area contributed by atoms with E-state index < -0.39 is 0 Å². The van der Waals surface area contributed by atoms with Gasteiger partial charge in [0.1, 0.15) is 0 Å². The fourth-order valence-corrected chi connectivity index (χ4v) is 2.90. The summed E-state index contributed by atoms with van der Waals surface area (Å²) >= 11 is 0. The van der Waals surface area contributed by atoms with Gasteiger partial charge in [-0.3, -0.25) is 0 Å². The van der Waals surface area contributed by atoms with Crippen molar-refractivity contribution in [3.05, 3.63) is 0 Å².